The van der Waals surface area contributed by atoms with E-state index >= 15 is 0 Å². The molecule has 1 heterocycles. The van der Waals surface area contributed by atoms with Crippen molar-refractivity contribution in [1.82, 2.24) is 4.90 Å². The van der Waals surface area contributed by atoms with Crippen LogP contribution in [0.5, 0.6) is 23.0 Å². The number of nitrogens with one attached hydrogen (secondary N) is 1. The standard InChI is InChI=1S/C24H32N2O5/c1-17-7-6-8-18(2)22(17)31-16-21(27)26-13-11-25(12-14-26)15-19-9-10-20(28-3)24(30-5)23(19)29-4/h6-10H,11-16H2,1-5H3/p+1. The molecule has 0 aromatic heterocycles. The number of methoxy groups -OCH3 is 3. The molecule has 7 heteroatoms. The Kier molecular flexibility index (Phi) is 7.63. The molecule has 0 saturated carbocycles. The normalized spacial score (nSPS) is 14.3. The molecular formula is C24H33N2O5+. The van der Waals surface area contributed by atoms with Gasteiger partial charge in [-0.1, -0.05) is 18.2 Å². The van der Waals surface area contributed by atoms with Gasteiger partial charge in [-0.05, 0) is 37.1 Å². The van der Waals surface area contributed by atoms with Gasteiger partial charge >= 0.3 is 0 Å². The van der Waals surface area contributed by atoms with Crippen molar-refractivity contribution in [3.8, 4) is 23.0 Å². The van der Waals surface area contributed by atoms with Crippen LogP contribution in [0.3, 0.4) is 0 Å². The van der Waals surface area contributed by atoms with Gasteiger partial charge in [-0.15, -0.1) is 0 Å². The summed E-state index contributed by atoms with van der Waals surface area (Å²) in [6.45, 7) is 8.02. The Hall–Kier alpha value is -2.93. The Morgan fingerprint density at radius 2 is 1.55 bits per heavy atom. The second kappa shape index (κ2) is 10.4. The van der Waals surface area contributed by atoms with Gasteiger partial charge in [-0.25, -0.2) is 0 Å². The molecule has 1 aliphatic heterocycles. The average Bonchev–Trinajstić information content (AvgIpc) is 2.78. The van der Waals surface area contributed by atoms with E-state index in [-0.39, 0.29) is 12.5 Å². The zero-order valence-electron chi connectivity index (χ0n) is 19.1. The summed E-state index contributed by atoms with van der Waals surface area (Å²) in [6, 6.07) is 9.91. The van der Waals surface area contributed by atoms with E-state index in [2.05, 4.69) is 0 Å². The predicted molar refractivity (Wildman–Crippen MR) is 118 cm³/mol. The van der Waals surface area contributed by atoms with E-state index in [0.29, 0.717) is 30.3 Å². The Morgan fingerprint density at radius 3 is 2.13 bits per heavy atom. The zero-order valence-corrected chi connectivity index (χ0v) is 19.1. The summed E-state index contributed by atoms with van der Waals surface area (Å²) < 4.78 is 22.3. The minimum atomic E-state index is 0.0328. The number of benzene rings is 2. The minimum Gasteiger partial charge on any atom is -0.493 e. The molecular weight excluding hydrogens is 396 g/mol. The number of aryl methyl sites for hydroxylation is 2. The Bertz CT molecular complexity index is 887. The van der Waals surface area contributed by atoms with Crippen molar-refractivity contribution in [3.05, 3.63) is 47.0 Å². The van der Waals surface area contributed by atoms with Gasteiger partial charge in [0, 0.05) is 0 Å². The largest absolute Gasteiger partial charge is 0.493 e. The number of quaternary nitrogens is 1. The lowest BCUT2D eigenvalue weighted by Crippen LogP contribution is -3.13. The number of para-hydroxylation sites is 1. The maximum Gasteiger partial charge on any atom is 0.260 e. The van der Waals surface area contributed by atoms with E-state index in [9.17, 15) is 4.79 Å². The molecule has 2 aromatic carbocycles. The third kappa shape index (κ3) is 5.22. The molecule has 3 rings (SSSR count). The molecule has 1 saturated heterocycles. The highest BCUT2D eigenvalue weighted by molar-refractivity contribution is 5.78. The molecule has 31 heavy (non-hydrogen) atoms. The highest BCUT2D eigenvalue weighted by Gasteiger charge is 2.26. The molecule has 0 spiro atoms. The van der Waals surface area contributed by atoms with Gasteiger partial charge in [0.05, 0.1) is 53.1 Å². The third-order valence-corrected chi connectivity index (χ3v) is 5.80. The molecule has 1 amide bonds. The number of amides is 1. The predicted octanol–water partition coefficient (Wildman–Crippen LogP) is 1.64. The van der Waals surface area contributed by atoms with Crippen LogP contribution >= 0.6 is 0 Å². The van der Waals surface area contributed by atoms with Gasteiger partial charge in [0.15, 0.2) is 18.1 Å². The molecule has 1 fully saturated rings. The fraction of sp³-hybridized carbons (Fsp3) is 0.458. The lowest BCUT2D eigenvalue weighted by atomic mass is 10.1. The number of ether oxygens (including phenoxy) is 4. The quantitative estimate of drug-likeness (QED) is 0.691. The van der Waals surface area contributed by atoms with Crippen LogP contribution in [0.1, 0.15) is 16.7 Å². The van der Waals surface area contributed by atoms with Gasteiger partial charge in [-0.2, -0.15) is 0 Å². The molecule has 0 unspecified atom stereocenters. The number of piperazine rings is 1. The SMILES string of the molecule is COc1ccc(C[NH+]2CCN(C(=O)COc3c(C)cccc3C)CC2)c(OC)c1OC. The van der Waals surface area contributed by atoms with Gasteiger partial charge < -0.3 is 28.7 Å². The number of hydrogen-bond donors (Lipinski definition) is 1. The van der Waals surface area contributed by atoms with Crippen LogP contribution in [0, 0.1) is 13.8 Å². The Balaban J connectivity index is 1.56. The fourth-order valence-electron chi connectivity index (χ4n) is 4.07. The first-order valence-electron chi connectivity index (χ1n) is 10.6. The summed E-state index contributed by atoms with van der Waals surface area (Å²) in [5, 5.41) is 0. The van der Waals surface area contributed by atoms with Gasteiger partial charge in [0.1, 0.15) is 12.3 Å². The lowest BCUT2D eigenvalue weighted by Gasteiger charge is -2.32. The highest BCUT2D eigenvalue weighted by atomic mass is 16.5. The first-order valence-corrected chi connectivity index (χ1v) is 10.6. The molecule has 0 atom stereocenters. The summed E-state index contributed by atoms with van der Waals surface area (Å²) in [6.07, 6.45) is 0. The smallest absolute Gasteiger partial charge is 0.260 e. The van der Waals surface area contributed by atoms with E-state index in [0.717, 1.165) is 42.1 Å². The summed E-state index contributed by atoms with van der Waals surface area (Å²) >= 11 is 0. The topological polar surface area (TPSA) is 61.7 Å². The molecule has 0 bridgehead atoms. The molecule has 1 aliphatic rings. The van der Waals surface area contributed by atoms with Crippen molar-refractivity contribution in [2.24, 2.45) is 0 Å². The van der Waals surface area contributed by atoms with Crippen LogP contribution < -0.4 is 23.8 Å². The number of carbonyl (C=O) groups is 1. The fourth-order valence-corrected chi connectivity index (χ4v) is 4.07. The van der Waals surface area contributed by atoms with Crippen molar-refractivity contribution in [2.45, 2.75) is 20.4 Å². The Morgan fingerprint density at radius 1 is 0.903 bits per heavy atom. The summed E-state index contributed by atoms with van der Waals surface area (Å²) in [5.41, 5.74) is 3.16. The van der Waals surface area contributed by atoms with Crippen LogP contribution in [-0.2, 0) is 11.3 Å². The van der Waals surface area contributed by atoms with Crippen molar-refractivity contribution >= 4 is 5.91 Å². The Labute approximate surface area is 184 Å². The molecule has 0 aliphatic carbocycles. The highest BCUT2D eigenvalue weighted by Crippen LogP contribution is 2.39. The maximum absolute atomic E-state index is 12.7. The number of nitrogens with zero attached hydrogens (tertiary/aromatic N) is 1. The van der Waals surface area contributed by atoms with Crippen molar-refractivity contribution < 1.29 is 28.6 Å². The molecule has 168 valence electrons. The van der Waals surface area contributed by atoms with Crippen molar-refractivity contribution in [2.75, 3.05) is 54.1 Å². The summed E-state index contributed by atoms with van der Waals surface area (Å²) in [7, 11) is 4.87. The number of hydrogen-bond acceptors (Lipinski definition) is 5. The first-order chi connectivity index (χ1) is 15.0. The van der Waals surface area contributed by atoms with Crippen LogP contribution in [0.15, 0.2) is 30.3 Å². The van der Waals surface area contributed by atoms with Crippen LogP contribution in [0.25, 0.3) is 0 Å². The number of rotatable bonds is 8. The molecule has 2 aromatic rings. The second-order valence-corrected chi connectivity index (χ2v) is 7.81. The second-order valence-electron chi connectivity index (χ2n) is 7.81. The summed E-state index contributed by atoms with van der Waals surface area (Å²) in [5.74, 6) is 2.80. The number of carbonyl (C=O) groups excluding carboxylic acids is 1. The van der Waals surface area contributed by atoms with Crippen LogP contribution in [0.2, 0.25) is 0 Å². The van der Waals surface area contributed by atoms with Gasteiger partial charge in [0.25, 0.3) is 5.91 Å². The third-order valence-electron chi connectivity index (χ3n) is 5.80. The minimum absolute atomic E-state index is 0.0328. The molecule has 7 nitrogen and oxygen atoms in total. The van der Waals surface area contributed by atoms with E-state index in [1.165, 1.54) is 4.90 Å². The molecule has 1 N–H and O–H groups in total. The lowest BCUT2D eigenvalue weighted by molar-refractivity contribution is -0.917. The van der Waals surface area contributed by atoms with E-state index in [4.69, 9.17) is 18.9 Å². The van der Waals surface area contributed by atoms with Crippen LogP contribution in [-0.4, -0.2) is 64.9 Å². The molecule has 0 radical (unpaired) electrons. The van der Waals surface area contributed by atoms with E-state index in [1.807, 2.05) is 49.1 Å². The van der Waals surface area contributed by atoms with Gasteiger partial charge in [0.2, 0.25) is 5.75 Å². The monoisotopic (exact) mass is 429 g/mol. The van der Waals surface area contributed by atoms with Crippen molar-refractivity contribution in [1.29, 1.82) is 0 Å². The van der Waals surface area contributed by atoms with E-state index < -0.39 is 0 Å². The zero-order chi connectivity index (χ0) is 22.4. The van der Waals surface area contributed by atoms with E-state index in [1.54, 1.807) is 21.3 Å². The van der Waals surface area contributed by atoms with Crippen molar-refractivity contribution in [3.63, 3.8) is 0 Å². The van der Waals surface area contributed by atoms with Gasteiger partial charge in [-0.3, -0.25) is 4.79 Å². The average molecular weight is 430 g/mol. The first kappa shape index (κ1) is 22.7. The van der Waals surface area contributed by atoms with Crippen LogP contribution in [0.4, 0.5) is 0 Å². The maximum atomic E-state index is 12.7. The summed E-state index contributed by atoms with van der Waals surface area (Å²) in [4.78, 5) is 15.9.